The summed E-state index contributed by atoms with van der Waals surface area (Å²) in [6, 6.07) is 10.4. The van der Waals surface area contributed by atoms with Crippen LogP contribution in [0.4, 0.5) is 0 Å². The molecule has 0 spiro atoms. The van der Waals surface area contributed by atoms with Crippen molar-refractivity contribution in [1.29, 1.82) is 0 Å². The number of nitrogens with zero attached hydrogens (tertiary/aromatic N) is 1. The van der Waals surface area contributed by atoms with Crippen LogP contribution in [0.25, 0.3) is 11.1 Å². The number of aromatic nitrogens is 1. The number of benzene rings is 1. The molecule has 0 aliphatic heterocycles. The predicted molar refractivity (Wildman–Crippen MR) is 62.3 cm³/mol. The first kappa shape index (κ1) is 9.87. The zero-order chi connectivity index (χ0) is 10.7. The second-order valence-corrected chi connectivity index (χ2v) is 3.60. The van der Waals surface area contributed by atoms with E-state index in [0.717, 1.165) is 11.1 Å². The van der Waals surface area contributed by atoms with Crippen LogP contribution in [0.5, 0.6) is 0 Å². The average molecular weight is 198 g/mol. The van der Waals surface area contributed by atoms with Gasteiger partial charge in [0, 0.05) is 24.5 Å². The molecule has 2 heteroatoms. The van der Waals surface area contributed by atoms with E-state index >= 15 is 0 Å². The van der Waals surface area contributed by atoms with Crippen molar-refractivity contribution in [1.82, 2.24) is 4.98 Å². The maximum Gasteiger partial charge on any atom is 0.0346 e. The summed E-state index contributed by atoms with van der Waals surface area (Å²) >= 11 is 0. The van der Waals surface area contributed by atoms with E-state index in [0.29, 0.717) is 6.54 Å². The maximum atomic E-state index is 5.59. The van der Waals surface area contributed by atoms with Crippen LogP contribution < -0.4 is 5.73 Å². The fourth-order valence-corrected chi connectivity index (χ4v) is 1.64. The predicted octanol–water partition coefficient (Wildman–Crippen LogP) is 2.52. The molecule has 0 amide bonds. The first-order chi connectivity index (χ1) is 7.31. The molecule has 76 valence electrons. The number of pyridine rings is 1. The lowest BCUT2D eigenvalue weighted by molar-refractivity contribution is 1.05. The summed E-state index contributed by atoms with van der Waals surface area (Å²) < 4.78 is 0. The number of rotatable bonds is 2. The SMILES string of the molecule is Cc1ccccc1-c1cncc(CN)c1. The maximum absolute atomic E-state index is 5.59. The van der Waals surface area contributed by atoms with Gasteiger partial charge in [0.15, 0.2) is 0 Å². The van der Waals surface area contributed by atoms with Crippen LogP contribution in [0.15, 0.2) is 42.7 Å². The lowest BCUT2D eigenvalue weighted by atomic mass is 10.0. The summed E-state index contributed by atoms with van der Waals surface area (Å²) in [6.07, 6.45) is 3.68. The van der Waals surface area contributed by atoms with E-state index in [1.54, 1.807) is 0 Å². The van der Waals surface area contributed by atoms with Gasteiger partial charge >= 0.3 is 0 Å². The van der Waals surface area contributed by atoms with Crippen LogP contribution in [-0.2, 0) is 6.54 Å². The number of hydrogen-bond donors (Lipinski definition) is 1. The Bertz CT molecular complexity index is 464. The molecule has 0 aliphatic rings. The van der Waals surface area contributed by atoms with Crippen LogP contribution in [0.1, 0.15) is 11.1 Å². The van der Waals surface area contributed by atoms with Gasteiger partial charge in [-0.25, -0.2) is 0 Å². The lowest BCUT2D eigenvalue weighted by Crippen LogP contribution is -1.97. The van der Waals surface area contributed by atoms with E-state index in [-0.39, 0.29) is 0 Å². The Hall–Kier alpha value is -1.67. The van der Waals surface area contributed by atoms with E-state index in [4.69, 9.17) is 5.73 Å². The zero-order valence-electron chi connectivity index (χ0n) is 8.77. The van der Waals surface area contributed by atoms with Crippen molar-refractivity contribution in [2.75, 3.05) is 0 Å². The third-order valence-corrected chi connectivity index (χ3v) is 2.49. The van der Waals surface area contributed by atoms with Gasteiger partial charge in [0.25, 0.3) is 0 Å². The summed E-state index contributed by atoms with van der Waals surface area (Å²) in [6.45, 7) is 2.64. The lowest BCUT2D eigenvalue weighted by Gasteiger charge is -2.06. The van der Waals surface area contributed by atoms with E-state index in [1.165, 1.54) is 11.1 Å². The van der Waals surface area contributed by atoms with Crippen molar-refractivity contribution >= 4 is 0 Å². The van der Waals surface area contributed by atoms with Crippen molar-refractivity contribution < 1.29 is 0 Å². The van der Waals surface area contributed by atoms with Crippen molar-refractivity contribution in [2.45, 2.75) is 13.5 Å². The van der Waals surface area contributed by atoms with E-state index in [2.05, 4.69) is 30.1 Å². The van der Waals surface area contributed by atoms with Crippen LogP contribution in [0.3, 0.4) is 0 Å². The second kappa shape index (κ2) is 4.24. The van der Waals surface area contributed by atoms with Crippen molar-refractivity contribution in [3.05, 3.63) is 53.9 Å². The largest absolute Gasteiger partial charge is 0.326 e. The normalized spacial score (nSPS) is 10.3. The first-order valence-corrected chi connectivity index (χ1v) is 5.01. The van der Waals surface area contributed by atoms with Gasteiger partial charge in [0.1, 0.15) is 0 Å². The highest BCUT2D eigenvalue weighted by Gasteiger charge is 2.01. The summed E-state index contributed by atoms with van der Waals surface area (Å²) in [5.41, 5.74) is 10.3. The van der Waals surface area contributed by atoms with Crippen molar-refractivity contribution in [2.24, 2.45) is 5.73 Å². The number of nitrogens with two attached hydrogens (primary N) is 1. The average Bonchev–Trinajstić information content (AvgIpc) is 2.30. The molecule has 15 heavy (non-hydrogen) atoms. The van der Waals surface area contributed by atoms with Gasteiger partial charge in [0.05, 0.1) is 0 Å². The Balaban J connectivity index is 2.49. The van der Waals surface area contributed by atoms with Gasteiger partial charge in [-0.2, -0.15) is 0 Å². The smallest absolute Gasteiger partial charge is 0.0346 e. The topological polar surface area (TPSA) is 38.9 Å². The van der Waals surface area contributed by atoms with Gasteiger partial charge in [-0.15, -0.1) is 0 Å². The molecule has 0 saturated carbocycles. The van der Waals surface area contributed by atoms with E-state index in [9.17, 15) is 0 Å². The fourth-order valence-electron chi connectivity index (χ4n) is 1.64. The fraction of sp³-hybridized carbons (Fsp3) is 0.154. The first-order valence-electron chi connectivity index (χ1n) is 5.01. The third kappa shape index (κ3) is 2.05. The zero-order valence-corrected chi connectivity index (χ0v) is 8.77. The summed E-state index contributed by atoms with van der Waals surface area (Å²) in [4.78, 5) is 4.19. The third-order valence-electron chi connectivity index (χ3n) is 2.49. The second-order valence-electron chi connectivity index (χ2n) is 3.60. The Morgan fingerprint density at radius 3 is 2.73 bits per heavy atom. The highest BCUT2D eigenvalue weighted by Crippen LogP contribution is 2.22. The van der Waals surface area contributed by atoms with Gasteiger partial charge in [-0.1, -0.05) is 24.3 Å². The minimum Gasteiger partial charge on any atom is -0.326 e. The quantitative estimate of drug-likeness (QED) is 0.805. The molecular weight excluding hydrogens is 184 g/mol. The molecule has 2 nitrogen and oxygen atoms in total. The minimum absolute atomic E-state index is 0.534. The Labute approximate surface area is 89.8 Å². The monoisotopic (exact) mass is 198 g/mol. The van der Waals surface area contributed by atoms with Crippen LogP contribution in [-0.4, -0.2) is 4.98 Å². The van der Waals surface area contributed by atoms with E-state index < -0.39 is 0 Å². The summed E-state index contributed by atoms with van der Waals surface area (Å²) in [7, 11) is 0. The minimum atomic E-state index is 0.534. The molecule has 1 aromatic carbocycles. The standard InChI is InChI=1S/C13H14N2/c1-10-4-2-3-5-13(10)12-6-11(7-14)8-15-9-12/h2-6,8-9H,7,14H2,1H3. The summed E-state index contributed by atoms with van der Waals surface area (Å²) in [5.74, 6) is 0. The molecule has 1 aromatic heterocycles. The van der Waals surface area contributed by atoms with Crippen LogP contribution in [0.2, 0.25) is 0 Å². The van der Waals surface area contributed by atoms with Gasteiger partial charge < -0.3 is 5.73 Å². The van der Waals surface area contributed by atoms with Crippen LogP contribution in [0, 0.1) is 6.92 Å². The highest BCUT2D eigenvalue weighted by atomic mass is 14.6. The summed E-state index contributed by atoms with van der Waals surface area (Å²) in [5, 5.41) is 0. The molecule has 0 radical (unpaired) electrons. The molecule has 0 bridgehead atoms. The Kier molecular flexibility index (Phi) is 2.79. The van der Waals surface area contributed by atoms with Crippen molar-refractivity contribution in [3.63, 3.8) is 0 Å². The molecule has 0 atom stereocenters. The number of aryl methyl sites for hydroxylation is 1. The molecule has 1 heterocycles. The molecule has 2 aromatic rings. The van der Waals surface area contributed by atoms with Gasteiger partial charge in [-0.3, -0.25) is 4.98 Å². The molecular formula is C13H14N2. The molecule has 0 aliphatic carbocycles. The van der Waals surface area contributed by atoms with Gasteiger partial charge in [-0.05, 0) is 29.7 Å². The highest BCUT2D eigenvalue weighted by molar-refractivity contribution is 5.66. The molecule has 0 saturated heterocycles. The Morgan fingerprint density at radius 1 is 1.20 bits per heavy atom. The Morgan fingerprint density at radius 2 is 2.00 bits per heavy atom. The molecule has 2 N–H and O–H groups in total. The van der Waals surface area contributed by atoms with Gasteiger partial charge in [0.2, 0.25) is 0 Å². The van der Waals surface area contributed by atoms with Crippen molar-refractivity contribution in [3.8, 4) is 11.1 Å². The van der Waals surface area contributed by atoms with Crippen LogP contribution >= 0.6 is 0 Å². The number of hydrogen-bond acceptors (Lipinski definition) is 2. The molecule has 2 rings (SSSR count). The molecule has 0 unspecified atom stereocenters. The molecule has 0 fully saturated rings. The van der Waals surface area contributed by atoms with E-state index in [1.807, 2.05) is 24.5 Å².